The Bertz CT molecular complexity index is 271. The third-order valence-corrected chi connectivity index (χ3v) is 3.75. The van der Waals surface area contributed by atoms with E-state index in [1.54, 1.807) is 0 Å². The van der Waals surface area contributed by atoms with Gasteiger partial charge < -0.3 is 0 Å². The molecule has 1 atom stereocenters. The third kappa shape index (κ3) is 1.19. The molecular weight excluding hydrogens is 200 g/mol. The lowest BCUT2D eigenvalue weighted by atomic mass is 10.1. The van der Waals surface area contributed by atoms with E-state index in [1.165, 1.54) is 0 Å². The topological polar surface area (TPSA) is 34.1 Å². The lowest BCUT2D eigenvalue weighted by Gasteiger charge is -2.15. The molecule has 1 unspecified atom stereocenters. The van der Waals surface area contributed by atoms with Crippen LogP contribution < -0.4 is 0 Å². The number of hydrogen-bond acceptors (Lipinski definition) is 2. The summed E-state index contributed by atoms with van der Waals surface area (Å²) in [5.41, 5.74) is 0. The summed E-state index contributed by atoms with van der Waals surface area (Å²) in [6.45, 7) is 0. The van der Waals surface area contributed by atoms with E-state index in [0.29, 0.717) is 0 Å². The van der Waals surface area contributed by atoms with Crippen LogP contribution in [-0.2, 0) is 9.84 Å². The van der Waals surface area contributed by atoms with Gasteiger partial charge in [0, 0.05) is 0 Å². The fourth-order valence-corrected chi connectivity index (χ4v) is 2.61. The van der Waals surface area contributed by atoms with Crippen LogP contribution in [0.5, 0.6) is 0 Å². The predicted octanol–water partition coefficient (Wildman–Crippen LogP) is 1.28. The first-order chi connectivity index (χ1) is 5.29. The first-order valence-corrected chi connectivity index (χ1v) is 4.82. The first kappa shape index (κ1) is 9.76. The van der Waals surface area contributed by atoms with Gasteiger partial charge in [-0.2, -0.15) is 8.78 Å². The van der Waals surface area contributed by atoms with E-state index in [9.17, 15) is 26.0 Å². The van der Waals surface area contributed by atoms with Gasteiger partial charge in [0.25, 0.3) is 0 Å². The SMILES string of the molecule is O=S1(=O)CCC(C(F)F)C1(F)F. The summed E-state index contributed by atoms with van der Waals surface area (Å²) in [6.07, 6.45) is -3.94. The van der Waals surface area contributed by atoms with E-state index in [-0.39, 0.29) is 0 Å². The molecule has 7 heteroatoms. The van der Waals surface area contributed by atoms with Crippen LogP contribution in [0.3, 0.4) is 0 Å². The van der Waals surface area contributed by atoms with Crippen molar-refractivity contribution in [3.8, 4) is 0 Å². The van der Waals surface area contributed by atoms with Gasteiger partial charge in [0.2, 0.25) is 16.3 Å². The number of sulfone groups is 1. The molecule has 0 aromatic carbocycles. The van der Waals surface area contributed by atoms with Crippen molar-refractivity contribution in [3.63, 3.8) is 0 Å². The maximum atomic E-state index is 12.6. The van der Waals surface area contributed by atoms with Gasteiger partial charge in [0.1, 0.15) is 0 Å². The quantitative estimate of drug-likeness (QED) is 0.605. The molecule has 1 aliphatic rings. The molecule has 0 bridgehead atoms. The Morgan fingerprint density at radius 2 is 1.83 bits per heavy atom. The summed E-state index contributed by atoms with van der Waals surface area (Å²) in [6, 6.07) is 0. The minimum atomic E-state index is -4.63. The minimum absolute atomic E-state index is 0.660. The number of hydrogen-bond donors (Lipinski definition) is 0. The Hall–Kier alpha value is -0.330. The molecule has 1 aliphatic heterocycles. The molecule has 0 aliphatic carbocycles. The smallest absolute Gasteiger partial charge is 0.223 e. The van der Waals surface area contributed by atoms with Crippen molar-refractivity contribution in [2.75, 3.05) is 5.75 Å². The molecule has 1 fully saturated rings. The van der Waals surface area contributed by atoms with Crippen LogP contribution in [0.15, 0.2) is 0 Å². The highest BCUT2D eigenvalue weighted by atomic mass is 32.2. The Balaban J connectivity index is 3.01. The summed E-state index contributed by atoms with van der Waals surface area (Å²) in [4.78, 5) is 0. The van der Waals surface area contributed by atoms with Crippen molar-refractivity contribution in [2.24, 2.45) is 5.92 Å². The number of rotatable bonds is 1. The Labute approximate surface area is 66.5 Å². The van der Waals surface area contributed by atoms with Gasteiger partial charge in [0.15, 0.2) is 0 Å². The van der Waals surface area contributed by atoms with Gasteiger partial charge >= 0.3 is 5.25 Å². The molecule has 1 saturated heterocycles. The molecule has 0 N–H and O–H groups in total. The van der Waals surface area contributed by atoms with Gasteiger partial charge in [-0.15, -0.1) is 0 Å². The van der Waals surface area contributed by atoms with E-state index in [2.05, 4.69) is 0 Å². The van der Waals surface area contributed by atoms with Gasteiger partial charge in [-0.1, -0.05) is 0 Å². The highest BCUT2D eigenvalue weighted by Gasteiger charge is 2.60. The average molecular weight is 206 g/mol. The van der Waals surface area contributed by atoms with Crippen LogP contribution in [-0.4, -0.2) is 25.9 Å². The summed E-state index contributed by atoms with van der Waals surface area (Å²) in [5, 5.41) is -4.25. The van der Waals surface area contributed by atoms with E-state index in [4.69, 9.17) is 0 Å². The summed E-state index contributed by atoms with van der Waals surface area (Å²) in [7, 11) is -4.63. The van der Waals surface area contributed by atoms with Crippen LogP contribution in [0.1, 0.15) is 6.42 Å². The molecule has 2 nitrogen and oxygen atoms in total. The summed E-state index contributed by atoms with van der Waals surface area (Å²) in [5.74, 6) is -3.18. The average Bonchev–Trinajstić information content (AvgIpc) is 2.03. The maximum absolute atomic E-state index is 12.6. The van der Waals surface area contributed by atoms with Crippen molar-refractivity contribution in [2.45, 2.75) is 18.1 Å². The van der Waals surface area contributed by atoms with E-state index in [0.717, 1.165) is 0 Å². The fraction of sp³-hybridized carbons (Fsp3) is 1.00. The van der Waals surface area contributed by atoms with Gasteiger partial charge in [0.05, 0.1) is 11.7 Å². The van der Waals surface area contributed by atoms with Crippen molar-refractivity contribution in [3.05, 3.63) is 0 Å². The van der Waals surface area contributed by atoms with Gasteiger partial charge in [-0.05, 0) is 6.42 Å². The minimum Gasteiger partial charge on any atom is -0.223 e. The van der Waals surface area contributed by atoms with Crippen LogP contribution in [0.2, 0.25) is 0 Å². The highest BCUT2D eigenvalue weighted by Crippen LogP contribution is 2.43. The lowest BCUT2D eigenvalue weighted by Crippen LogP contribution is -2.34. The zero-order valence-corrected chi connectivity index (χ0v) is 6.62. The van der Waals surface area contributed by atoms with E-state index < -0.39 is 39.6 Å². The second-order valence-corrected chi connectivity index (χ2v) is 4.79. The van der Waals surface area contributed by atoms with Crippen LogP contribution in [0, 0.1) is 5.92 Å². The van der Waals surface area contributed by atoms with Crippen molar-refractivity contribution >= 4 is 9.84 Å². The second-order valence-electron chi connectivity index (χ2n) is 2.61. The van der Waals surface area contributed by atoms with Crippen LogP contribution in [0.4, 0.5) is 17.6 Å². The molecule has 1 rings (SSSR count). The summed E-state index contributed by atoms with van der Waals surface area (Å²) >= 11 is 0. The zero-order chi connectivity index (χ0) is 9.57. The summed E-state index contributed by atoms with van der Waals surface area (Å²) < 4.78 is 69.8. The zero-order valence-electron chi connectivity index (χ0n) is 5.81. The Morgan fingerprint density at radius 1 is 1.33 bits per heavy atom. The second kappa shape index (κ2) is 2.58. The van der Waals surface area contributed by atoms with Crippen LogP contribution >= 0.6 is 0 Å². The van der Waals surface area contributed by atoms with E-state index in [1.807, 2.05) is 0 Å². The fourth-order valence-electron chi connectivity index (χ4n) is 1.09. The van der Waals surface area contributed by atoms with E-state index >= 15 is 0 Å². The maximum Gasteiger partial charge on any atom is 0.353 e. The Kier molecular flexibility index (Phi) is 2.10. The number of alkyl halides is 4. The molecule has 72 valence electrons. The first-order valence-electron chi connectivity index (χ1n) is 3.17. The highest BCUT2D eigenvalue weighted by molar-refractivity contribution is 7.92. The third-order valence-electron chi connectivity index (χ3n) is 1.85. The molecular formula is C5H6F4O2S. The molecule has 1 heterocycles. The van der Waals surface area contributed by atoms with Crippen LogP contribution in [0.25, 0.3) is 0 Å². The molecule has 0 spiro atoms. The molecule has 0 aromatic rings. The molecule has 0 aromatic heterocycles. The normalized spacial score (nSPS) is 32.6. The molecule has 0 amide bonds. The van der Waals surface area contributed by atoms with Gasteiger partial charge in [-0.3, -0.25) is 0 Å². The number of halogens is 4. The predicted molar refractivity (Wildman–Crippen MR) is 32.8 cm³/mol. The molecule has 12 heavy (non-hydrogen) atoms. The lowest BCUT2D eigenvalue weighted by molar-refractivity contribution is -0.0481. The molecule has 0 radical (unpaired) electrons. The standard InChI is InChI=1S/C5H6F4O2S/c6-4(7)3-1-2-12(10,11)5(3,8)9/h3-4H,1-2H2. The van der Waals surface area contributed by atoms with Crippen molar-refractivity contribution in [1.29, 1.82) is 0 Å². The van der Waals surface area contributed by atoms with Crippen molar-refractivity contribution in [1.82, 2.24) is 0 Å². The monoisotopic (exact) mass is 206 g/mol. The van der Waals surface area contributed by atoms with Crippen molar-refractivity contribution < 1.29 is 26.0 Å². The largest absolute Gasteiger partial charge is 0.353 e. The Morgan fingerprint density at radius 3 is 2.00 bits per heavy atom. The van der Waals surface area contributed by atoms with Gasteiger partial charge in [-0.25, -0.2) is 17.2 Å². The molecule has 0 saturated carbocycles.